The monoisotopic (exact) mass is 255 g/mol. The van der Waals surface area contributed by atoms with Gasteiger partial charge in [-0.15, -0.1) is 0 Å². The van der Waals surface area contributed by atoms with Gasteiger partial charge in [-0.3, -0.25) is 9.69 Å². The largest absolute Gasteiger partial charge is 0.386 e. The minimum atomic E-state index is -0.00200. The number of carbonyl (C=O) groups is 1. The van der Waals surface area contributed by atoms with Gasteiger partial charge in [0.25, 0.3) is 0 Å². The first-order valence-electron chi connectivity index (χ1n) is 6.71. The normalized spacial score (nSPS) is 13.1. The lowest BCUT2D eigenvalue weighted by Crippen LogP contribution is -2.44. The highest BCUT2D eigenvalue weighted by Gasteiger charge is 2.26. The van der Waals surface area contributed by atoms with Crippen LogP contribution in [-0.4, -0.2) is 36.4 Å². The number of hydrogen-bond donors (Lipinski definition) is 2. The Labute approximate surface area is 112 Å². The van der Waals surface area contributed by atoms with E-state index >= 15 is 0 Å². The number of hydrogen-bond acceptors (Lipinski definition) is 4. The standard InChI is InChI=1S/C14H29N3O/c1-10(2)14(18)13(17(6)11(3)4)8-7-9-16-12(5)15/h10-11,13,16H,5,7-9,15H2,1-4,6H3/t13-/m0/s1. The number of likely N-dealkylation sites (N-methyl/N-ethyl adjacent to an activating group) is 1. The fraction of sp³-hybridized carbons (Fsp3) is 0.786. The molecule has 0 aromatic heterocycles. The van der Waals surface area contributed by atoms with E-state index < -0.39 is 0 Å². The van der Waals surface area contributed by atoms with Crippen LogP contribution in [0.4, 0.5) is 0 Å². The molecule has 0 heterocycles. The number of ketones is 1. The molecule has 4 nitrogen and oxygen atoms in total. The molecule has 3 N–H and O–H groups in total. The molecule has 1 atom stereocenters. The van der Waals surface area contributed by atoms with E-state index in [1.165, 1.54) is 0 Å². The van der Waals surface area contributed by atoms with E-state index in [0.29, 0.717) is 17.6 Å². The van der Waals surface area contributed by atoms with E-state index in [4.69, 9.17) is 5.73 Å². The molecule has 0 aromatic carbocycles. The molecule has 0 fully saturated rings. The van der Waals surface area contributed by atoms with Crippen LogP contribution in [0, 0.1) is 5.92 Å². The molecule has 0 aromatic rings. The van der Waals surface area contributed by atoms with Crippen molar-refractivity contribution in [1.29, 1.82) is 0 Å². The van der Waals surface area contributed by atoms with Gasteiger partial charge in [0.05, 0.1) is 11.9 Å². The third-order valence-corrected chi connectivity index (χ3v) is 3.21. The Morgan fingerprint density at radius 2 is 1.89 bits per heavy atom. The van der Waals surface area contributed by atoms with Crippen LogP contribution in [0.2, 0.25) is 0 Å². The second-order valence-electron chi connectivity index (χ2n) is 5.43. The van der Waals surface area contributed by atoms with E-state index in [-0.39, 0.29) is 12.0 Å². The number of Topliss-reactive ketones (excluding diaryl/α,β-unsaturated/α-hetero) is 1. The zero-order valence-corrected chi connectivity index (χ0v) is 12.5. The number of carbonyl (C=O) groups excluding carboxylic acids is 1. The number of nitrogens with zero attached hydrogens (tertiary/aromatic N) is 1. The van der Waals surface area contributed by atoms with Gasteiger partial charge in [-0.25, -0.2) is 0 Å². The molecule has 0 aliphatic heterocycles. The van der Waals surface area contributed by atoms with Crippen molar-refractivity contribution in [3.8, 4) is 0 Å². The first kappa shape index (κ1) is 17.0. The van der Waals surface area contributed by atoms with Crippen molar-refractivity contribution >= 4 is 5.78 Å². The van der Waals surface area contributed by atoms with Crippen molar-refractivity contribution in [2.75, 3.05) is 13.6 Å². The lowest BCUT2D eigenvalue weighted by Gasteiger charge is -2.31. The summed E-state index contributed by atoms with van der Waals surface area (Å²) in [6, 6.07) is 0.368. The molecule has 0 unspecified atom stereocenters. The minimum Gasteiger partial charge on any atom is -0.386 e. The van der Waals surface area contributed by atoms with E-state index in [2.05, 4.69) is 30.6 Å². The fourth-order valence-electron chi connectivity index (χ4n) is 1.84. The Bertz CT molecular complexity index is 274. The Hall–Kier alpha value is -1.03. The van der Waals surface area contributed by atoms with Crippen LogP contribution in [0.3, 0.4) is 0 Å². The van der Waals surface area contributed by atoms with E-state index in [0.717, 1.165) is 19.4 Å². The van der Waals surface area contributed by atoms with Crippen molar-refractivity contribution in [2.45, 2.75) is 52.6 Å². The predicted molar refractivity (Wildman–Crippen MR) is 77.1 cm³/mol. The van der Waals surface area contributed by atoms with E-state index in [1.807, 2.05) is 20.9 Å². The second-order valence-corrected chi connectivity index (χ2v) is 5.43. The van der Waals surface area contributed by atoms with Crippen LogP contribution in [0.5, 0.6) is 0 Å². The van der Waals surface area contributed by atoms with Crippen LogP contribution in [0.25, 0.3) is 0 Å². The minimum absolute atomic E-state index is 0.00200. The summed E-state index contributed by atoms with van der Waals surface area (Å²) >= 11 is 0. The van der Waals surface area contributed by atoms with Gasteiger partial charge in [0.2, 0.25) is 0 Å². The molecule has 0 radical (unpaired) electrons. The quantitative estimate of drug-likeness (QED) is 0.616. The molecule has 0 bridgehead atoms. The third-order valence-electron chi connectivity index (χ3n) is 3.21. The SMILES string of the molecule is C=C(N)NCCC[C@@H](C(=O)C(C)C)N(C)C(C)C. The highest BCUT2D eigenvalue weighted by Crippen LogP contribution is 2.14. The molecule has 0 saturated carbocycles. The molecule has 0 aliphatic rings. The Balaban J connectivity index is 4.39. The van der Waals surface area contributed by atoms with Crippen molar-refractivity contribution in [2.24, 2.45) is 11.7 Å². The summed E-state index contributed by atoms with van der Waals surface area (Å²) in [5.41, 5.74) is 5.44. The third kappa shape index (κ3) is 6.05. The zero-order chi connectivity index (χ0) is 14.3. The number of rotatable bonds is 9. The molecule has 0 saturated heterocycles. The van der Waals surface area contributed by atoms with Gasteiger partial charge in [0.1, 0.15) is 0 Å². The lowest BCUT2D eigenvalue weighted by molar-refractivity contribution is -0.127. The van der Waals surface area contributed by atoms with Crippen LogP contribution in [-0.2, 0) is 4.79 Å². The first-order valence-corrected chi connectivity index (χ1v) is 6.71. The second kappa shape index (κ2) is 8.14. The van der Waals surface area contributed by atoms with Crippen molar-refractivity contribution in [3.63, 3.8) is 0 Å². The lowest BCUT2D eigenvalue weighted by atomic mass is 9.96. The van der Waals surface area contributed by atoms with Gasteiger partial charge in [-0.05, 0) is 33.7 Å². The van der Waals surface area contributed by atoms with Gasteiger partial charge < -0.3 is 11.1 Å². The molecule has 106 valence electrons. The van der Waals surface area contributed by atoms with Gasteiger partial charge in [0.15, 0.2) is 5.78 Å². The van der Waals surface area contributed by atoms with Crippen molar-refractivity contribution in [1.82, 2.24) is 10.2 Å². The molecule has 0 rings (SSSR count). The highest BCUT2D eigenvalue weighted by atomic mass is 16.1. The topological polar surface area (TPSA) is 58.4 Å². The average molecular weight is 255 g/mol. The Morgan fingerprint density at radius 3 is 2.28 bits per heavy atom. The summed E-state index contributed by atoms with van der Waals surface area (Å²) in [6.45, 7) is 12.5. The van der Waals surface area contributed by atoms with Gasteiger partial charge in [0, 0.05) is 18.5 Å². The van der Waals surface area contributed by atoms with Crippen LogP contribution < -0.4 is 11.1 Å². The first-order chi connectivity index (χ1) is 8.27. The van der Waals surface area contributed by atoms with E-state index in [9.17, 15) is 4.79 Å². The fourth-order valence-corrected chi connectivity index (χ4v) is 1.84. The van der Waals surface area contributed by atoms with Crippen molar-refractivity contribution in [3.05, 3.63) is 12.4 Å². The number of nitrogens with two attached hydrogens (primary N) is 1. The molecule has 4 heteroatoms. The maximum absolute atomic E-state index is 12.2. The van der Waals surface area contributed by atoms with Gasteiger partial charge in [-0.2, -0.15) is 0 Å². The predicted octanol–water partition coefficient (Wildman–Crippen LogP) is 1.72. The average Bonchev–Trinajstić information content (AvgIpc) is 2.26. The van der Waals surface area contributed by atoms with Gasteiger partial charge in [-0.1, -0.05) is 20.4 Å². The maximum Gasteiger partial charge on any atom is 0.152 e. The summed E-state index contributed by atoms with van der Waals surface area (Å²) in [5.74, 6) is 0.880. The molecular formula is C14H29N3O. The van der Waals surface area contributed by atoms with Gasteiger partial charge >= 0.3 is 0 Å². The Morgan fingerprint density at radius 1 is 1.33 bits per heavy atom. The molecule has 18 heavy (non-hydrogen) atoms. The summed E-state index contributed by atoms with van der Waals surface area (Å²) in [5, 5.41) is 2.99. The van der Waals surface area contributed by atoms with Crippen LogP contribution in [0.15, 0.2) is 12.4 Å². The summed E-state index contributed by atoms with van der Waals surface area (Å²) in [7, 11) is 2.02. The maximum atomic E-state index is 12.2. The zero-order valence-electron chi connectivity index (χ0n) is 12.5. The smallest absolute Gasteiger partial charge is 0.152 e. The van der Waals surface area contributed by atoms with Crippen LogP contribution >= 0.6 is 0 Å². The summed E-state index contributed by atoms with van der Waals surface area (Å²) in [6.07, 6.45) is 1.77. The van der Waals surface area contributed by atoms with E-state index in [1.54, 1.807) is 0 Å². The Kier molecular flexibility index (Phi) is 7.67. The molecule has 0 aliphatic carbocycles. The van der Waals surface area contributed by atoms with Crippen LogP contribution in [0.1, 0.15) is 40.5 Å². The molecule has 0 spiro atoms. The molecule has 0 amide bonds. The molecular weight excluding hydrogens is 226 g/mol. The summed E-state index contributed by atoms with van der Waals surface area (Å²) < 4.78 is 0. The van der Waals surface area contributed by atoms with Crippen molar-refractivity contribution < 1.29 is 4.79 Å². The number of nitrogens with one attached hydrogen (secondary N) is 1. The summed E-state index contributed by atoms with van der Waals surface area (Å²) in [4.78, 5) is 14.4. The highest BCUT2D eigenvalue weighted by molar-refractivity contribution is 5.85.